The monoisotopic (exact) mass is 280 g/mol. The first-order chi connectivity index (χ1) is 8.33. The lowest BCUT2D eigenvalue weighted by molar-refractivity contribution is 0.153. The molecule has 0 aliphatic carbocycles. The van der Waals surface area contributed by atoms with Crippen molar-refractivity contribution in [3.8, 4) is 0 Å². The van der Waals surface area contributed by atoms with Crippen LogP contribution >= 0.6 is 0 Å². The summed E-state index contributed by atoms with van der Waals surface area (Å²) in [7, 11) is -1.52. The molecule has 0 atom stereocenters. The van der Waals surface area contributed by atoms with Crippen LogP contribution in [-0.2, 0) is 14.8 Å². The van der Waals surface area contributed by atoms with E-state index in [2.05, 4.69) is 17.0 Å². The van der Waals surface area contributed by atoms with Gasteiger partial charge in [-0.2, -0.15) is 0 Å². The van der Waals surface area contributed by atoms with Crippen LogP contribution in [0.1, 0.15) is 33.6 Å². The molecule has 0 aromatic heterocycles. The SMILES string of the molecule is CCCNCCS(=O)(=O)NCC(C)(C)CCOC. The van der Waals surface area contributed by atoms with Gasteiger partial charge in [-0.3, -0.25) is 0 Å². The van der Waals surface area contributed by atoms with Gasteiger partial charge in [0.25, 0.3) is 0 Å². The van der Waals surface area contributed by atoms with Crippen molar-refractivity contribution < 1.29 is 13.2 Å². The highest BCUT2D eigenvalue weighted by Crippen LogP contribution is 2.18. The zero-order chi connectivity index (χ0) is 14.1. The zero-order valence-corrected chi connectivity index (χ0v) is 12.9. The topological polar surface area (TPSA) is 67.4 Å². The molecule has 0 radical (unpaired) electrons. The first-order valence-electron chi connectivity index (χ1n) is 6.50. The fraction of sp³-hybridized carbons (Fsp3) is 1.00. The molecule has 0 bridgehead atoms. The summed E-state index contributed by atoms with van der Waals surface area (Å²) in [6.07, 6.45) is 1.84. The largest absolute Gasteiger partial charge is 0.385 e. The summed E-state index contributed by atoms with van der Waals surface area (Å²) in [6.45, 7) is 8.57. The number of rotatable bonds is 11. The van der Waals surface area contributed by atoms with Crippen LogP contribution in [0.4, 0.5) is 0 Å². The highest BCUT2D eigenvalue weighted by atomic mass is 32.2. The Labute approximate surface area is 112 Å². The standard InChI is InChI=1S/C12H28N2O3S/c1-5-7-13-8-10-18(15,16)14-11-12(2,3)6-9-17-4/h13-14H,5-11H2,1-4H3. The maximum atomic E-state index is 11.7. The van der Waals surface area contributed by atoms with Crippen LogP contribution < -0.4 is 10.0 Å². The van der Waals surface area contributed by atoms with Gasteiger partial charge in [0.2, 0.25) is 10.0 Å². The summed E-state index contributed by atoms with van der Waals surface area (Å²) in [6, 6.07) is 0. The predicted octanol–water partition coefficient (Wildman–Crippen LogP) is 0.968. The number of nitrogens with one attached hydrogen (secondary N) is 2. The maximum Gasteiger partial charge on any atom is 0.212 e. The molecule has 0 spiro atoms. The normalized spacial score (nSPS) is 12.9. The molecule has 0 aromatic carbocycles. The van der Waals surface area contributed by atoms with Crippen molar-refractivity contribution in [3.05, 3.63) is 0 Å². The number of hydrogen-bond donors (Lipinski definition) is 2. The van der Waals surface area contributed by atoms with E-state index in [1.807, 2.05) is 13.8 Å². The third-order valence-electron chi connectivity index (χ3n) is 2.73. The molecule has 0 saturated heterocycles. The number of ether oxygens (including phenoxy) is 1. The minimum atomic E-state index is -3.17. The van der Waals surface area contributed by atoms with Gasteiger partial charge >= 0.3 is 0 Å². The van der Waals surface area contributed by atoms with Crippen LogP contribution in [0.15, 0.2) is 0 Å². The van der Waals surface area contributed by atoms with E-state index in [1.54, 1.807) is 7.11 Å². The van der Waals surface area contributed by atoms with Crippen molar-refractivity contribution in [2.24, 2.45) is 5.41 Å². The first kappa shape index (κ1) is 17.8. The lowest BCUT2D eigenvalue weighted by atomic mass is 9.90. The van der Waals surface area contributed by atoms with Gasteiger partial charge in [0.15, 0.2) is 0 Å². The van der Waals surface area contributed by atoms with Crippen molar-refractivity contribution in [1.29, 1.82) is 0 Å². The van der Waals surface area contributed by atoms with Crippen molar-refractivity contribution in [3.63, 3.8) is 0 Å². The molecule has 0 heterocycles. The maximum absolute atomic E-state index is 11.7. The van der Waals surface area contributed by atoms with Gasteiger partial charge in [-0.05, 0) is 24.8 Å². The third kappa shape index (κ3) is 9.82. The Bertz CT molecular complexity index is 302. The van der Waals surface area contributed by atoms with E-state index >= 15 is 0 Å². The fourth-order valence-corrected chi connectivity index (χ4v) is 2.52. The molecule has 18 heavy (non-hydrogen) atoms. The quantitative estimate of drug-likeness (QED) is 0.553. The molecular weight excluding hydrogens is 252 g/mol. The third-order valence-corrected chi connectivity index (χ3v) is 4.05. The molecule has 5 nitrogen and oxygen atoms in total. The van der Waals surface area contributed by atoms with Crippen LogP contribution in [-0.4, -0.2) is 47.5 Å². The second-order valence-corrected chi connectivity index (χ2v) is 7.22. The van der Waals surface area contributed by atoms with Gasteiger partial charge in [0.1, 0.15) is 0 Å². The Morgan fingerprint density at radius 2 is 1.89 bits per heavy atom. The summed E-state index contributed by atoms with van der Waals surface area (Å²) >= 11 is 0. The van der Waals surface area contributed by atoms with Gasteiger partial charge in [0, 0.05) is 26.8 Å². The second kappa shape index (κ2) is 8.85. The minimum Gasteiger partial charge on any atom is -0.385 e. The van der Waals surface area contributed by atoms with E-state index in [9.17, 15) is 8.42 Å². The summed E-state index contributed by atoms with van der Waals surface area (Å²) in [4.78, 5) is 0. The summed E-state index contributed by atoms with van der Waals surface area (Å²) in [5, 5.41) is 3.08. The highest BCUT2D eigenvalue weighted by Gasteiger charge is 2.20. The molecule has 0 aliphatic rings. The summed E-state index contributed by atoms with van der Waals surface area (Å²) < 4.78 is 31.1. The van der Waals surface area contributed by atoms with Crippen molar-refractivity contribution in [1.82, 2.24) is 10.0 Å². The van der Waals surface area contributed by atoms with Crippen LogP contribution in [0.5, 0.6) is 0 Å². The zero-order valence-electron chi connectivity index (χ0n) is 12.1. The Hall–Kier alpha value is -0.170. The van der Waals surface area contributed by atoms with E-state index in [0.29, 0.717) is 19.7 Å². The van der Waals surface area contributed by atoms with Crippen LogP contribution in [0.25, 0.3) is 0 Å². The molecule has 0 unspecified atom stereocenters. The van der Waals surface area contributed by atoms with Gasteiger partial charge in [-0.25, -0.2) is 13.1 Å². The van der Waals surface area contributed by atoms with Crippen LogP contribution in [0.3, 0.4) is 0 Å². The Morgan fingerprint density at radius 3 is 2.44 bits per heavy atom. The van der Waals surface area contributed by atoms with E-state index in [-0.39, 0.29) is 11.2 Å². The molecule has 0 aromatic rings. The average molecular weight is 280 g/mol. The molecule has 2 N–H and O–H groups in total. The van der Waals surface area contributed by atoms with E-state index in [4.69, 9.17) is 4.74 Å². The highest BCUT2D eigenvalue weighted by molar-refractivity contribution is 7.89. The average Bonchev–Trinajstić information content (AvgIpc) is 2.30. The van der Waals surface area contributed by atoms with Gasteiger partial charge in [-0.15, -0.1) is 0 Å². The predicted molar refractivity (Wildman–Crippen MR) is 75.2 cm³/mol. The number of methoxy groups -OCH3 is 1. The Morgan fingerprint density at radius 1 is 1.22 bits per heavy atom. The number of sulfonamides is 1. The smallest absolute Gasteiger partial charge is 0.212 e. The molecule has 0 amide bonds. The van der Waals surface area contributed by atoms with Crippen LogP contribution in [0, 0.1) is 5.41 Å². The van der Waals surface area contributed by atoms with Crippen LogP contribution in [0.2, 0.25) is 0 Å². The molecular formula is C12H28N2O3S. The summed E-state index contributed by atoms with van der Waals surface area (Å²) in [5.74, 6) is 0.132. The molecule has 0 saturated carbocycles. The van der Waals surface area contributed by atoms with Crippen molar-refractivity contribution >= 4 is 10.0 Å². The van der Waals surface area contributed by atoms with Crippen molar-refractivity contribution in [2.45, 2.75) is 33.6 Å². The Balaban J connectivity index is 3.94. The lowest BCUT2D eigenvalue weighted by Crippen LogP contribution is -2.38. The van der Waals surface area contributed by atoms with Gasteiger partial charge in [0.05, 0.1) is 5.75 Å². The van der Waals surface area contributed by atoms with Gasteiger partial charge in [-0.1, -0.05) is 20.8 Å². The second-order valence-electron chi connectivity index (χ2n) is 5.30. The lowest BCUT2D eigenvalue weighted by Gasteiger charge is -2.24. The molecule has 6 heteroatoms. The molecule has 0 fully saturated rings. The van der Waals surface area contributed by atoms with E-state index in [0.717, 1.165) is 19.4 Å². The van der Waals surface area contributed by atoms with Gasteiger partial charge < -0.3 is 10.1 Å². The molecule has 110 valence electrons. The first-order valence-corrected chi connectivity index (χ1v) is 8.15. The van der Waals surface area contributed by atoms with E-state index < -0.39 is 10.0 Å². The minimum absolute atomic E-state index is 0.0834. The van der Waals surface area contributed by atoms with E-state index in [1.165, 1.54) is 0 Å². The number of hydrogen-bond acceptors (Lipinski definition) is 4. The molecule has 0 rings (SSSR count). The molecule has 0 aliphatic heterocycles. The van der Waals surface area contributed by atoms with Crippen molar-refractivity contribution in [2.75, 3.05) is 39.1 Å². The Kier molecular flexibility index (Phi) is 8.77. The fourth-order valence-electron chi connectivity index (χ4n) is 1.35. The summed E-state index contributed by atoms with van der Waals surface area (Å²) in [5.41, 5.74) is -0.0834.